The number of aromatic hydroxyl groups is 1. The Morgan fingerprint density at radius 2 is 2.20 bits per heavy atom. The van der Waals surface area contributed by atoms with Crippen molar-refractivity contribution in [2.75, 3.05) is 12.4 Å². The molecule has 0 spiro atoms. The average Bonchev–Trinajstić information content (AvgIpc) is 2.27. The number of hydrogen-bond acceptors (Lipinski definition) is 3. The minimum Gasteiger partial charge on any atom is -0.507 e. The van der Waals surface area contributed by atoms with Gasteiger partial charge in [0, 0.05) is 0 Å². The first kappa shape index (κ1) is 12.0. The number of ether oxygens (including phenoxy) is 1. The summed E-state index contributed by atoms with van der Waals surface area (Å²) >= 11 is 3.07. The van der Waals surface area contributed by atoms with Gasteiger partial charge in [-0.1, -0.05) is 22.9 Å². The van der Waals surface area contributed by atoms with E-state index in [1.165, 1.54) is 0 Å². The quantitative estimate of drug-likeness (QED) is 0.677. The van der Waals surface area contributed by atoms with Crippen LogP contribution in [0.4, 0.5) is 0 Å². The lowest BCUT2D eigenvalue weighted by atomic mass is 10.0. The van der Waals surface area contributed by atoms with Crippen molar-refractivity contribution in [2.45, 2.75) is 13.3 Å². The van der Waals surface area contributed by atoms with E-state index < -0.39 is 0 Å². The second-order valence-electron chi connectivity index (χ2n) is 3.09. The third-order valence-electron chi connectivity index (χ3n) is 2.20. The van der Waals surface area contributed by atoms with Gasteiger partial charge in [-0.3, -0.25) is 4.79 Å². The van der Waals surface area contributed by atoms with Crippen molar-refractivity contribution < 1.29 is 14.6 Å². The van der Waals surface area contributed by atoms with Crippen molar-refractivity contribution in [3.8, 4) is 11.5 Å². The Balaban J connectivity index is 3.25. The third kappa shape index (κ3) is 2.50. The summed E-state index contributed by atoms with van der Waals surface area (Å²) in [7, 11) is 1.55. The molecule has 4 heteroatoms. The predicted octanol–water partition coefficient (Wildman–Crippen LogP) is 2.54. The van der Waals surface area contributed by atoms with Crippen LogP contribution in [0.1, 0.15) is 22.8 Å². The van der Waals surface area contributed by atoms with Crippen molar-refractivity contribution in [3.05, 3.63) is 23.3 Å². The standard InChI is InChI=1S/C11H13BrO3/c1-3-7-4-9(13)8(10(14)6-12)5-11(7)15-2/h4-5,13H,3,6H2,1-2H3. The Morgan fingerprint density at radius 3 is 2.67 bits per heavy atom. The van der Waals surface area contributed by atoms with E-state index in [1.807, 2.05) is 6.92 Å². The van der Waals surface area contributed by atoms with E-state index in [2.05, 4.69) is 15.9 Å². The first-order chi connectivity index (χ1) is 7.13. The molecule has 0 aromatic heterocycles. The molecule has 0 amide bonds. The number of benzene rings is 1. The summed E-state index contributed by atoms with van der Waals surface area (Å²) in [6.07, 6.45) is 0.750. The number of rotatable bonds is 4. The van der Waals surface area contributed by atoms with Gasteiger partial charge >= 0.3 is 0 Å². The summed E-state index contributed by atoms with van der Waals surface area (Å²) in [6, 6.07) is 3.16. The highest BCUT2D eigenvalue weighted by Crippen LogP contribution is 2.28. The van der Waals surface area contributed by atoms with Crippen LogP contribution in [0.15, 0.2) is 12.1 Å². The molecular formula is C11H13BrO3. The van der Waals surface area contributed by atoms with Gasteiger partial charge in [0.1, 0.15) is 11.5 Å². The molecule has 0 fully saturated rings. The Labute approximate surface area is 97.2 Å². The van der Waals surface area contributed by atoms with E-state index in [1.54, 1.807) is 19.2 Å². The van der Waals surface area contributed by atoms with E-state index >= 15 is 0 Å². The maximum absolute atomic E-state index is 11.4. The van der Waals surface area contributed by atoms with Gasteiger partial charge < -0.3 is 9.84 Å². The molecule has 0 aliphatic rings. The Hall–Kier alpha value is -1.03. The molecule has 0 heterocycles. The molecule has 0 radical (unpaired) electrons. The van der Waals surface area contributed by atoms with Gasteiger partial charge in [0.25, 0.3) is 0 Å². The van der Waals surface area contributed by atoms with Crippen LogP contribution in [0.3, 0.4) is 0 Å². The van der Waals surface area contributed by atoms with Crippen LogP contribution in [0.2, 0.25) is 0 Å². The number of phenols is 1. The maximum atomic E-state index is 11.4. The smallest absolute Gasteiger partial charge is 0.177 e. The molecule has 15 heavy (non-hydrogen) atoms. The fourth-order valence-corrected chi connectivity index (χ4v) is 1.68. The number of carbonyl (C=O) groups is 1. The normalized spacial score (nSPS) is 10.1. The van der Waals surface area contributed by atoms with Gasteiger partial charge in [0.05, 0.1) is 18.0 Å². The lowest BCUT2D eigenvalue weighted by molar-refractivity contribution is 0.102. The second kappa shape index (κ2) is 5.16. The fourth-order valence-electron chi connectivity index (χ4n) is 1.37. The lowest BCUT2D eigenvalue weighted by Crippen LogP contribution is -2.02. The highest BCUT2D eigenvalue weighted by Gasteiger charge is 2.13. The fraction of sp³-hybridized carbons (Fsp3) is 0.364. The van der Waals surface area contributed by atoms with Crippen molar-refractivity contribution in [1.29, 1.82) is 0 Å². The minimum atomic E-state index is -0.159. The monoisotopic (exact) mass is 272 g/mol. The Bertz CT molecular complexity index is 374. The van der Waals surface area contributed by atoms with Crippen molar-refractivity contribution in [2.24, 2.45) is 0 Å². The minimum absolute atomic E-state index is 0.0112. The number of alkyl halides is 1. The number of halogens is 1. The van der Waals surface area contributed by atoms with Gasteiger partial charge in [-0.05, 0) is 24.1 Å². The lowest BCUT2D eigenvalue weighted by Gasteiger charge is -2.10. The molecular weight excluding hydrogens is 260 g/mol. The highest BCUT2D eigenvalue weighted by molar-refractivity contribution is 9.09. The van der Waals surface area contributed by atoms with Crippen molar-refractivity contribution in [1.82, 2.24) is 0 Å². The first-order valence-corrected chi connectivity index (χ1v) is 5.75. The zero-order chi connectivity index (χ0) is 11.4. The molecule has 1 aromatic carbocycles. The predicted molar refractivity (Wildman–Crippen MR) is 62.2 cm³/mol. The zero-order valence-electron chi connectivity index (χ0n) is 8.71. The Morgan fingerprint density at radius 1 is 1.53 bits per heavy atom. The number of hydrogen-bond donors (Lipinski definition) is 1. The third-order valence-corrected chi connectivity index (χ3v) is 2.71. The van der Waals surface area contributed by atoms with Crippen LogP contribution in [0.25, 0.3) is 0 Å². The van der Waals surface area contributed by atoms with Crippen LogP contribution >= 0.6 is 15.9 Å². The number of ketones is 1. The van der Waals surface area contributed by atoms with Gasteiger partial charge in [-0.2, -0.15) is 0 Å². The molecule has 0 bridgehead atoms. The second-order valence-corrected chi connectivity index (χ2v) is 3.65. The summed E-state index contributed by atoms with van der Waals surface area (Å²) in [5.41, 5.74) is 1.18. The molecule has 0 aliphatic carbocycles. The van der Waals surface area contributed by atoms with Crippen LogP contribution in [-0.4, -0.2) is 23.3 Å². The molecule has 0 unspecified atom stereocenters. The number of aryl methyl sites for hydroxylation is 1. The molecule has 3 nitrogen and oxygen atoms in total. The SMILES string of the molecule is CCc1cc(O)c(C(=O)CBr)cc1OC. The summed E-state index contributed by atoms with van der Waals surface area (Å²) in [6.45, 7) is 1.96. The summed E-state index contributed by atoms with van der Waals surface area (Å²) in [4.78, 5) is 11.4. The van der Waals surface area contributed by atoms with Gasteiger partial charge in [0.2, 0.25) is 0 Å². The van der Waals surface area contributed by atoms with E-state index in [0.717, 1.165) is 12.0 Å². The number of Topliss-reactive ketones (excluding diaryl/α,β-unsaturated/α-hetero) is 1. The van der Waals surface area contributed by atoms with E-state index in [-0.39, 0.29) is 16.9 Å². The van der Waals surface area contributed by atoms with E-state index in [0.29, 0.717) is 11.3 Å². The van der Waals surface area contributed by atoms with Gasteiger partial charge in [-0.25, -0.2) is 0 Å². The molecule has 1 rings (SSSR count). The first-order valence-electron chi connectivity index (χ1n) is 4.63. The van der Waals surface area contributed by atoms with Crippen LogP contribution in [-0.2, 0) is 6.42 Å². The largest absolute Gasteiger partial charge is 0.507 e. The molecule has 1 aromatic rings. The van der Waals surface area contributed by atoms with E-state index in [4.69, 9.17) is 4.74 Å². The van der Waals surface area contributed by atoms with Crippen LogP contribution in [0, 0.1) is 0 Å². The highest BCUT2D eigenvalue weighted by atomic mass is 79.9. The molecule has 0 saturated heterocycles. The zero-order valence-corrected chi connectivity index (χ0v) is 10.3. The maximum Gasteiger partial charge on any atom is 0.177 e. The molecule has 1 N–H and O–H groups in total. The summed E-state index contributed by atoms with van der Waals surface area (Å²) < 4.78 is 5.15. The topological polar surface area (TPSA) is 46.5 Å². The Kier molecular flexibility index (Phi) is 4.15. The van der Waals surface area contributed by atoms with Gasteiger partial charge in [0.15, 0.2) is 5.78 Å². The molecule has 0 saturated carbocycles. The molecule has 0 atom stereocenters. The van der Waals surface area contributed by atoms with Crippen molar-refractivity contribution >= 4 is 21.7 Å². The average molecular weight is 273 g/mol. The summed E-state index contributed by atoms with van der Waals surface area (Å²) in [5, 5.41) is 9.84. The van der Waals surface area contributed by atoms with Crippen LogP contribution < -0.4 is 4.74 Å². The number of methoxy groups -OCH3 is 1. The van der Waals surface area contributed by atoms with Gasteiger partial charge in [-0.15, -0.1) is 0 Å². The van der Waals surface area contributed by atoms with Crippen LogP contribution in [0.5, 0.6) is 11.5 Å². The van der Waals surface area contributed by atoms with E-state index in [9.17, 15) is 9.90 Å². The number of carbonyl (C=O) groups excluding carboxylic acids is 1. The van der Waals surface area contributed by atoms with Crippen molar-refractivity contribution in [3.63, 3.8) is 0 Å². The molecule has 0 aliphatic heterocycles. The number of phenolic OH excluding ortho intramolecular Hbond substituents is 1. The molecule has 82 valence electrons. The summed E-state index contributed by atoms with van der Waals surface area (Å²) in [5.74, 6) is 0.491.